The zero-order chi connectivity index (χ0) is 23.0. The highest BCUT2D eigenvalue weighted by atomic mass is 16.2. The fraction of sp³-hybridized carbons (Fsp3) is 0.636. The predicted molar refractivity (Wildman–Crippen MR) is 119 cm³/mol. The molecule has 172 valence electrons. The Morgan fingerprint density at radius 3 is 2.62 bits per heavy atom. The number of carbonyl (C=O) groups is 2. The summed E-state index contributed by atoms with van der Waals surface area (Å²) in [5, 5.41) is 15.3. The van der Waals surface area contributed by atoms with Crippen LogP contribution in [0.25, 0.3) is 0 Å². The quantitative estimate of drug-likeness (QED) is 0.449. The standard InChI is InChI=1S/C22H32N8O2/c1-30-11-7-22(15-23,8-12-30)29-20(31)17(13-16-5-3-2-4-6-16)27-19(28-21(24)32)18-14-25-9-10-26-18/h9-10,14,16-17H,2-8,11-13H2,1H3,(H,29,31)(H3,24,27,28,32). The molecule has 1 unspecified atom stereocenters. The van der Waals surface area contributed by atoms with Crippen molar-refractivity contribution in [3.63, 3.8) is 0 Å². The minimum absolute atomic E-state index is 0.107. The van der Waals surface area contributed by atoms with E-state index in [4.69, 9.17) is 5.73 Å². The molecule has 2 heterocycles. The highest BCUT2D eigenvalue weighted by Gasteiger charge is 2.37. The maximum absolute atomic E-state index is 13.4. The smallest absolute Gasteiger partial charge is 0.317 e. The minimum atomic E-state index is -0.909. The first kappa shape index (κ1) is 23.6. The van der Waals surface area contributed by atoms with Gasteiger partial charge < -0.3 is 16.0 Å². The SMILES string of the molecule is CN1CCC(C#N)(NC(=O)C(CC2CCCCC2)N=C(NC(N)=O)c2cnccn2)CC1. The van der Waals surface area contributed by atoms with Crippen molar-refractivity contribution in [3.8, 4) is 6.07 Å². The van der Waals surface area contributed by atoms with Crippen LogP contribution >= 0.6 is 0 Å². The van der Waals surface area contributed by atoms with E-state index in [1.54, 1.807) is 0 Å². The van der Waals surface area contributed by atoms with Crippen LogP contribution in [0.4, 0.5) is 4.79 Å². The summed E-state index contributed by atoms with van der Waals surface area (Å²) in [5.41, 5.74) is 4.76. The maximum Gasteiger partial charge on any atom is 0.317 e. The van der Waals surface area contributed by atoms with Gasteiger partial charge in [0.15, 0.2) is 5.84 Å². The lowest BCUT2D eigenvalue weighted by molar-refractivity contribution is -0.124. The van der Waals surface area contributed by atoms with Crippen molar-refractivity contribution in [3.05, 3.63) is 24.3 Å². The van der Waals surface area contributed by atoms with Crippen molar-refractivity contribution in [1.29, 1.82) is 5.26 Å². The number of primary amides is 1. The first-order chi connectivity index (χ1) is 15.4. The molecule has 1 aromatic heterocycles. The lowest BCUT2D eigenvalue weighted by atomic mass is 9.84. The van der Waals surface area contributed by atoms with Crippen LogP contribution in [0.3, 0.4) is 0 Å². The van der Waals surface area contributed by atoms with E-state index in [-0.39, 0.29) is 11.7 Å². The molecular weight excluding hydrogens is 408 g/mol. The number of hydrogen-bond acceptors (Lipinski definition) is 7. The summed E-state index contributed by atoms with van der Waals surface area (Å²) in [6.07, 6.45) is 11.6. The third kappa shape index (κ3) is 6.47. The van der Waals surface area contributed by atoms with Crippen LogP contribution in [0, 0.1) is 17.2 Å². The average Bonchev–Trinajstić information content (AvgIpc) is 2.80. The van der Waals surface area contributed by atoms with E-state index in [9.17, 15) is 14.9 Å². The zero-order valence-electron chi connectivity index (χ0n) is 18.6. The molecule has 10 heteroatoms. The number of nitriles is 1. The summed E-state index contributed by atoms with van der Waals surface area (Å²) in [6, 6.07) is 0.758. The van der Waals surface area contributed by atoms with Gasteiger partial charge in [-0.3, -0.25) is 20.1 Å². The van der Waals surface area contributed by atoms with E-state index in [1.807, 2.05) is 7.05 Å². The third-order valence-corrected chi connectivity index (χ3v) is 6.33. The zero-order valence-corrected chi connectivity index (χ0v) is 18.6. The van der Waals surface area contributed by atoms with Crippen molar-refractivity contribution in [2.24, 2.45) is 16.6 Å². The second kappa shape index (κ2) is 11.0. The molecule has 0 spiro atoms. The van der Waals surface area contributed by atoms with Crippen molar-refractivity contribution in [2.75, 3.05) is 20.1 Å². The Hall–Kier alpha value is -3.06. The van der Waals surface area contributed by atoms with Crippen molar-refractivity contribution >= 4 is 17.8 Å². The molecule has 32 heavy (non-hydrogen) atoms. The van der Waals surface area contributed by atoms with Crippen LogP contribution in [0.15, 0.2) is 23.6 Å². The van der Waals surface area contributed by atoms with Gasteiger partial charge in [-0.1, -0.05) is 32.1 Å². The van der Waals surface area contributed by atoms with Gasteiger partial charge in [0.2, 0.25) is 5.91 Å². The molecule has 0 bridgehead atoms. The first-order valence-electron chi connectivity index (χ1n) is 11.2. The summed E-state index contributed by atoms with van der Waals surface area (Å²) in [7, 11) is 2.00. The Kier molecular flexibility index (Phi) is 8.11. The lowest BCUT2D eigenvalue weighted by Gasteiger charge is -2.37. The summed E-state index contributed by atoms with van der Waals surface area (Å²) in [5.74, 6) is 0.153. The molecule has 1 aliphatic carbocycles. The van der Waals surface area contributed by atoms with Gasteiger partial charge in [0, 0.05) is 25.5 Å². The van der Waals surface area contributed by atoms with Crippen LogP contribution in [0.2, 0.25) is 0 Å². The van der Waals surface area contributed by atoms with Crippen LogP contribution in [-0.4, -0.2) is 64.4 Å². The van der Waals surface area contributed by atoms with Gasteiger partial charge in [-0.2, -0.15) is 5.26 Å². The summed E-state index contributed by atoms with van der Waals surface area (Å²) in [4.78, 5) is 40.0. The molecule has 10 nitrogen and oxygen atoms in total. The maximum atomic E-state index is 13.4. The Balaban J connectivity index is 1.87. The van der Waals surface area contributed by atoms with Crippen molar-refractivity contribution < 1.29 is 9.59 Å². The fourth-order valence-corrected chi connectivity index (χ4v) is 4.40. The molecule has 0 radical (unpaired) electrons. The van der Waals surface area contributed by atoms with E-state index in [1.165, 1.54) is 25.0 Å². The van der Waals surface area contributed by atoms with Gasteiger partial charge in [-0.15, -0.1) is 0 Å². The number of amidine groups is 1. The topological polar surface area (TPSA) is 149 Å². The molecule has 3 amide bonds. The number of nitrogens with zero attached hydrogens (tertiary/aromatic N) is 5. The molecule has 2 fully saturated rings. The van der Waals surface area contributed by atoms with E-state index >= 15 is 0 Å². The van der Waals surface area contributed by atoms with Gasteiger partial charge >= 0.3 is 6.03 Å². The van der Waals surface area contributed by atoms with E-state index in [2.05, 4.69) is 36.6 Å². The number of nitrogens with one attached hydrogen (secondary N) is 2. The number of piperidine rings is 1. The molecule has 2 aliphatic rings. The monoisotopic (exact) mass is 440 g/mol. The number of aliphatic imine (C=N–C) groups is 1. The predicted octanol–water partition coefficient (Wildman–Crippen LogP) is 1.33. The van der Waals surface area contributed by atoms with E-state index < -0.39 is 17.6 Å². The molecule has 1 saturated carbocycles. The minimum Gasteiger partial charge on any atom is -0.351 e. The van der Waals surface area contributed by atoms with Crippen LogP contribution in [0.5, 0.6) is 0 Å². The second-order valence-corrected chi connectivity index (χ2v) is 8.80. The number of urea groups is 1. The lowest BCUT2D eigenvalue weighted by Crippen LogP contribution is -2.56. The normalized spacial score (nSPS) is 20.7. The first-order valence-corrected chi connectivity index (χ1v) is 11.2. The summed E-state index contributed by atoms with van der Waals surface area (Å²) in [6.45, 7) is 1.47. The third-order valence-electron chi connectivity index (χ3n) is 6.33. The van der Waals surface area contributed by atoms with Crippen molar-refractivity contribution in [2.45, 2.75) is 62.9 Å². The number of carbonyl (C=O) groups excluding carboxylic acids is 2. The molecule has 3 rings (SSSR count). The Labute approximate surface area is 188 Å². The molecular formula is C22H32N8O2. The molecule has 1 saturated heterocycles. The number of nitrogens with two attached hydrogens (primary N) is 1. The highest BCUT2D eigenvalue weighted by molar-refractivity contribution is 6.06. The van der Waals surface area contributed by atoms with Crippen molar-refractivity contribution in [1.82, 2.24) is 25.5 Å². The van der Waals surface area contributed by atoms with Gasteiger partial charge in [0.1, 0.15) is 17.3 Å². The molecule has 1 aromatic rings. The summed E-state index contributed by atoms with van der Waals surface area (Å²) >= 11 is 0. The van der Waals surface area contributed by atoms with E-state index in [0.717, 1.165) is 38.8 Å². The second-order valence-electron chi connectivity index (χ2n) is 8.80. The van der Waals surface area contributed by atoms with Crippen LogP contribution in [-0.2, 0) is 4.79 Å². The highest BCUT2D eigenvalue weighted by Crippen LogP contribution is 2.29. The molecule has 0 aromatic carbocycles. The molecule has 4 N–H and O–H groups in total. The Morgan fingerprint density at radius 1 is 1.31 bits per heavy atom. The number of likely N-dealkylation sites (tertiary alicyclic amines) is 1. The Bertz CT molecular complexity index is 852. The summed E-state index contributed by atoms with van der Waals surface area (Å²) < 4.78 is 0. The number of rotatable bonds is 6. The van der Waals surface area contributed by atoms with Crippen LogP contribution in [0.1, 0.15) is 57.1 Å². The van der Waals surface area contributed by atoms with Gasteiger partial charge in [0.25, 0.3) is 0 Å². The van der Waals surface area contributed by atoms with Gasteiger partial charge in [0.05, 0.1) is 12.3 Å². The largest absolute Gasteiger partial charge is 0.351 e. The Morgan fingerprint density at radius 2 is 2.03 bits per heavy atom. The fourth-order valence-electron chi connectivity index (χ4n) is 4.40. The van der Waals surface area contributed by atoms with Crippen LogP contribution < -0.4 is 16.4 Å². The average molecular weight is 441 g/mol. The number of amides is 3. The molecule has 1 atom stereocenters. The molecule has 1 aliphatic heterocycles. The van der Waals surface area contributed by atoms with Gasteiger partial charge in [-0.25, -0.2) is 9.78 Å². The number of hydrogen-bond donors (Lipinski definition) is 3. The number of aromatic nitrogens is 2. The van der Waals surface area contributed by atoms with E-state index in [0.29, 0.717) is 30.9 Å². The van der Waals surface area contributed by atoms with Gasteiger partial charge in [-0.05, 0) is 32.2 Å².